The van der Waals surface area contributed by atoms with Crippen LogP contribution >= 0.6 is 0 Å². The summed E-state index contributed by atoms with van der Waals surface area (Å²) in [6.07, 6.45) is 1.84. The molecule has 1 atom stereocenters. The largest absolute Gasteiger partial charge is 0.482 e. The second-order valence-corrected chi connectivity index (χ2v) is 12.0. The molecule has 45 heavy (non-hydrogen) atoms. The summed E-state index contributed by atoms with van der Waals surface area (Å²) in [4.78, 5) is 50.2. The number of amides is 3. The van der Waals surface area contributed by atoms with E-state index in [4.69, 9.17) is 15.5 Å². The maximum atomic E-state index is 13.8. The quantitative estimate of drug-likeness (QED) is 0.293. The number of primary amides is 1. The number of pyridine rings is 2. The van der Waals surface area contributed by atoms with Gasteiger partial charge in [0.15, 0.2) is 6.61 Å². The second-order valence-electron chi connectivity index (χ2n) is 12.0. The van der Waals surface area contributed by atoms with Gasteiger partial charge in [-0.15, -0.1) is 0 Å². The van der Waals surface area contributed by atoms with Gasteiger partial charge >= 0.3 is 0 Å². The van der Waals surface area contributed by atoms with Crippen LogP contribution in [0.5, 0.6) is 5.75 Å². The van der Waals surface area contributed by atoms with E-state index in [1.807, 2.05) is 20.8 Å². The van der Waals surface area contributed by atoms with Crippen LogP contribution in [0, 0.1) is 17.6 Å². The molecule has 9 nitrogen and oxygen atoms in total. The van der Waals surface area contributed by atoms with Gasteiger partial charge in [0, 0.05) is 12.0 Å². The zero-order valence-electron chi connectivity index (χ0n) is 25.0. The topological polar surface area (TPSA) is 128 Å². The first kappa shape index (κ1) is 29.9. The molecule has 4 heterocycles. The van der Waals surface area contributed by atoms with Gasteiger partial charge in [-0.05, 0) is 66.8 Å². The van der Waals surface area contributed by atoms with Crippen molar-refractivity contribution in [2.24, 2.45) is 11.7 Å². The van der Waals surface area contributed by atoms with Crippen molar-refractivity contribution in [2.45, 2.75) is 45.7 Å². The third-order valence-corrected chi connectivity index (χ3v) is 8.03. The number of nitrogens with one attached hydrogen (secondary N) is 1. The van der Waals surface area contributed by atoms with E-state index in [0.717, 1.165) is 11.8 Å². The van der Waals surface area contributed by atoms with Crippen LogP contribution in [-0.2, 0) is 29.7 Å². The Morgan fingerprint density at radius 2 is 1.80 bits per heavy atom. The van der Waals surface area contributed by atoms with Gasteiger partial charge in [0.2, 0.25) is 0 Å². The number of aromatic nitrogens is 2. The Labute approximate surface area is 258 Å². The lowest BCUT2D eigenvalue weighted by Gasteiger charge is -2.30. The monoisotopic (exact) mass is 611 g/mol. The van der Waals surface area contributed by atoms with Crippen molar-refractivity contribution in [1.82, 2.24) is 15.3 Å². The molecule has 6 rings (SSSR count). The van der Waals surface area contributed by atoms with Crippen molar-refractivity contribution < 1.29 is 27.9 Å². The highest BCUT2D eigenvalue weighted by molar-refractivity contribution is 6.12. The maximum Gasteiger partial charge on any atom is 0.265 e. The van der Waals surface area contributed by atoms with Crippen LogP contribution in [0.1, 0.15) is 64.1 Å². The number of halogens is 2. The average Bonchev–Trinajstić information content (AvgIpc) is 3.24. The van der Waals surface area contributed by atoms with E-state index >= 15 is 0 Å². The highest BCUT2D eigenvalue weighted by atomic mass is 19.1. The number of carbonyl (C=O) groups excluding carboxylic acids is 3. The van der Waals surface area contributed by atoms with Crippen LogP contribution in [0.4, 0.5) is 14.5 Å². The van der Waals surface area contributed by atoms with Crippen molar-refractivity contribution >= 4 is 23.4 Å². The molecular formula is C34H31F2N5O4. The smallest absolute Gasteiger partial charge is 0.265 e. The number of rotatable bonds is 8. The number of fused-ring (bicyclic) bond motifs is 2. The number of nitrogens with zero attached hydrogens (tertiary/aromatic N) is 3. The molecule has 4 aromatic rings. The first-order valence-electron chi connectivity index (χ1n) is 14.6. The van der Waals surface area contributed by atoms with Crippen molar-refractivity contribution in [3.8, 4) is 16.9 Å². The van der Waals surface area contributed by atoms with Crippen LogP contribution in [0.2, 0.25) is 0 Å². The Morgan fingerprint density at radius 3 is 2.47 bits per heavy atom. The normalized spacial score (nSPS) is 17.2. The Bertz CT molecular complexity index is 1840. The van der Waals surface area contributed by atoms with E-state index in [2.05, 4.69) is 10.3 Å². The third kappa shape index (κ3) is 5.61. The SMILES string of the molecule is CC(C)Cc1nc2c(c(-c3ccc4c(c3)OCC(=O)N4Cc3ccc(F)cn3)c1C(N)=O)C(=O)N[C@]2(C)Cc1ccc(F)cc1. The molecule has 0 bridgehead atoms. The van der Waals surface area contributed by atoms with Crippen molar-refractivity contribution in [1.29, 1.82) is 0 Å². The highest BCUT2D eigenvalue weighted by Gasteiger charge is 2.44. The Hall–Kier alpha value is -5.19. The van der Waals surface area contributed by atoms with Gasteiger partial charge in [0.1, 0.15) is 17.4 Å². The lowest BCUT2D eigenvalue weighted by molar-refractivity contribution is -0.121. The lowest BCUT2D eigenvalue weighted by atomic mass is 9.84. The van der Waals surface area contributed by atoms with Gasteiger partial charge < -0.3 is 15.8 Å². The molecule has 0 fully saturated rings. The minimum atomic E-state index is -0.961. The summed E-state index contributed by atoms with van der Waals surface area (Å²) in [6.45, 7) is 5.69. The Morgan fingerprint density at radius 1 is 1.07 bits per heavy atom. The molecule has 0 unspecified atom stereocenters. The third-order valence-electron chi connectivity index (χ3n) is 8.03. The van der Waals surface area contributed by atoms with E-state index in [1.54, 1.807) is 30.3 Å². The molecule has 0 saturated carbocycles. The number of nitrogens with two attached hydrogens (primary N) is 1. The zero-order valence-corrected chi connectivity index (χ0v) is 25.0. The van der Waals surface area contributed by atoms with E-state index in [-0.39, 0.29) is 41.9 Å². The van der Waals surface area contributed by atoms with Crippen molar-refractivity contribution in [3.05, 3.63) is 106 Å². The maximum absolute atomic E-state index is 13.8. The average molecular weight is 612 g/mol. The van der Waals surface area contributed by atoms with Crippen LogP contribution in [-0.4, -0.2) is 34.3 Å². The van der Waals surface area contributed by atoms with Crippen molar-refractivity contribution in [3.63, 3.8) is 0 Å². The summed E-state index contributed by atoms with van der Waals surface area (Å²) in [6, 6.07) is 13.9. The van der Waals surface area contributed by atoms with Gasteiger partial charge in [-0.2, -0.15) is 0 Å². The number of carbonyl (C=O) groups is 3. The van der Waals surface area contributed by atoms with Gasteiger partial charge in [0.25, 0.3) is 17.7 Å². The van der Waals surface area contributed by atoms with Crippen LogP contribution in [0.3, 0.4) is 0 Å². The van der Waals surface area contributed by atoms with Crippen LogP contribution in [0.25, 0.3) is 11.1 Å². The zero-order chi connectivity index (χ0) is 32.0. The lowest BCUT2D eigenvalue weighted by Crippen LogP contribution is -2.39. The molecular weight excluding hydrogens is 580 g/mol. The molecule has 11 heteroatoms. The first-order chi connectivity index (χ1) is 21.4. The van der Waals surface area contributed by atoms with E-state index in [0.29, 0.717) is 52.5 Å². The fraction of sp³-hybridized carbons (Fsp3) is 0.265. The molecule has 0 radical (unpaired) electrons. The van der Waals surface area contributed by atoms with Gasteiger partial charge in [-0.3, -0.25) is 29.3 Å². The molecule has 0 saturated heterocycles. The summed E-state index contributed by atoms with van der Waals surface area (Å²) in [5, 5.41) is 3.06. The predicted octanol–water partition coefficient (Wildman–Crippen LogP) is 4.85. The van der Waals surface area contributed by atoms with E-state index < -0.39 is 23.2 Å². The summed E-state index contributed by atoms with van der Waals surface area (Å²) in [7, 11) is 0. The number of hydrogen-bond donors (Lipinski definition) is 2. The Kier molecular flexibility index (Phi) is 7.56. The van der Waals surface area contributed by atoms with Crippen LogP contribution in [0.15, 0.2) is 60.8 Å². The van der Waals surface area contributed by atoms with Gasteiger partial charge in [0.05, 0.1) is 52.2 Å². The van der Waals surface area contributed by atoms with E-state index in [1.165, 1.54) is 29.2 Å². The Balaban J connectivity index is 1.50. The fourth-order valence-corrected chi connectivity index (χ4v) is 6.05. The summed E-state index contributed by atoms with van der Waals surface area (Å²) in [5.74, 6) is -1.84. The van der Waals surface area contributed by atoms with Gasteiger partial charge in [-0.1, -0.05) is 32.0 Å². The number of hydrogen-bond acceptors (Lipinski definition) is 6. The van der Waals surface area contributed by atoms with E-state index in [9.17, 15) is 23.2 Å². The highest BCUT2D eigenvalue weighted by Crippen LogP contribution is 2.44. The summed E-state index contributed by atoms with van der Waals surface area (Å²) < 4.78 is 32.9. The summed E-state index contributed by atoms with van der Waals surface area (Å²) >= 11 is 0. The molecule has 2 aliphatic heterocycles. The fourth-order valence-electron chi connectivity index (χ4n) is 6.05. The predicted molar refractivity (Wildman–Crippen MR) is 163 cm³/mol. The first-order valence-corrected chi connectivity index (χ1v) is 14.6. The molecule has 0 spiro atoms. The molecule has 2 aromatic heterocycles. The van der Waals surface area contributed by atoms with Crippen LogP contribution < -0.4 is 20.7 Å². The molecule has 2 aromatic carbocycles. The van der Waals surface area contributed by atoms with Crippen molar-refractivity contribution in [2.75, 3.05) is 11.5 Å². The molecule has 3 amide bonds. The minimum absolute atomic E-state index is 0.0920. The minimum Gasteiger partial charge on any atom is -0.482 e. The number of anilines is 1. The number of ether oxygens (including phenoxy) is 1. The molecule has 0 aliphatic carbocycles. The summed E-state index contributed by atoms with van der Waals surface area (Å²) in [5.41, 5.74) is 8.87. The molecule has 230 valence electrons. The van der Waals surface area contributed by atoms with Gasteiger partial charge in [-0.25, -0.2) is 8.78 Å². The second kappa shape index (κ2) is 11.4. The molecule has 2 aliphatic rings. The standard InChI is InChI=1S/C34H31F2N5O4/c1-18(2)12-24-29(32(37)43)28(30-31(39-24)34(3,40-33(30)44)14-19-4-7-21(35)8-5-19)20-6-11-25-26(13-20)45-17-27(42)41(25)16-23-10-9-22(36)15-38-23/h4-11,13,15,18H,12,14,16-17H2,1-3H3,(H2,37,43)(H,40,44)/t34-/m1/s1. The number of benzene rings is 2. The molecule has 3 N–H and O–H groups in total.